The SMILES string of the molecule is O=C(Cc1ccoc1)Cc1ccccn1. The highest BCUT2D eigenvalue weighted by atomic mass is 16.3. The van der Waals surface area contributed by atoms with Gasteiger partial charge in [-0.05, 0) is 23.8 Å². The summed E-state index contributed by atoms with van der Waals surface area (Å²) >= 11 is 0. The first-order valence-corrected chi connectivity index (χ1v) is 4.77. The van der Waals surface area contributed by atoms with E-state index in [2.05, 4.69) is 4.98 Å². The van der Waals surface area contributed by atoms with Gasteiger partial charge >= 0.3 is 0 Å². The third-order valence-corrected chi connectivity index (χ3v) is 2.09. The molecular weight excluding hydrogens is 190 g/mol. The van der Waals surface area contributed by atoms with Crippen molar-refractivity contribution in [2.75, 3.05) is 0 Å². The number of ketones is 1. The van der Waals surface area contributed by atoms with Gasteiger partial charge in [0.1, 0.15) is 5.78 Å². The maximum Gasteiger partial charge on any atom is 0.143 e. The topological polar surface area (TPSA) is 43.1 Å². The molecule has 0 radical (unpaired) electrons. The van der Waals surface area contributed by atoms with E-state index in [0.717, 1.165) is 11.3 Å². The lowest BCUT2D eigenvalue weighted by molar-refractivity contribution is -0.117. The third-order valence-electron chi connectivity index (χ3n) is 2.09. The van der Waals surface area contributed by atoms with E-state index in [1.165, 1.54) is 0 Å². The van der Waals surface area contributed by atoms with Crippen LogP contribution in [0.25, 0.3) is 0 Å². The Balaban J connectivity index is 1.94. The molecule has 0 fully saturated rings. The molecule has 2 aromatic rings. The van der Waals surface area contributed by atoms with Gasteiger partial charge in [0, 0.05) is 24.7 Å². The largest absolute Gasteiger partial charge is 0.472 e. The van der Waals surface area contributed by atoms with E-state index in [1.807, 2.05) is 18.2 Å². The molecule has 0 aliphatic carbocycles. The third kappa shape index (κ3) is 2.77. The van der Waals surface area contributed by atoms with Gasteiger partial charge in [-0.15, -0.1) is 0 Å². The van der Waals surface area contributed by atoms with Crippen LogP contribution in [0.15, 0.2) is 47.4 Å². The van der Waals surface area contributed by atoms with Crippen LogP contribution in [-0.2, 0) is 17.6 Å². The molecule has 0 aliphatic rings. The average molecular weight is 201 g/mol. The van der Waals surface area contributed by atoms with Crippen LogP contribution in [0.3, 0.4) is 0 Å². The molecule has 0 aliphatic heterocycles. The van der Waals surface area contributed by atoms with Gasteiger partial charge in [0.15, 0.2) is 0 Å². The van der Waals surface area contributed by atoms with Crippen molar-refractivity contribution >= 4 is 5.78 Å². The van der Waals surface area contributed by atoms with E-state index >= 15 is 0 Å². The van der Waals surface area contributed by atoms with Crippen molar-refractivity contribution < 1.29 is 9.21 Å². The highest BCUT2D eigenvalue weighted by Gasteiger charge is 2.06. The van der Waals surface area contributed by atoms with Crippen molar-refractivity contribution in [3.8, 4) is 0 Å². The van der Waals surface area contributed by atoms with Crippen molar-refractivity contribution in [2.24, 2.45) is 0 Å². The van der Waals surface area contributed by atoms with Gasteiger partial charge < -0.3 is 4.42 Å². The molecule has 0 aromatic carbocycles. The molecule has 2 heterocycles. The Morgan fingerprint density at radius 3 is 2.87 bits per heavy atom. The minimum Gasteiger partial charge on any atom is -0.472 e. The molecule has 3 nitrogen and oxygen atoms in total. The van der Waals surface area contributed by atoms with Crippen LogP contribution < -0.4 is 0 Å². The molecule has 0 saturated heterocycles. The highest BCUT2D eigenvalue weighted by Crippen LogP contribution is 2.04. The number of carbonyl (C=O) groups is 1. The molecular formula is C12H11NO2. The first kappa shape index (κ1) is 9.65. The quantitative estimate of drug-likeness (QED) is 0.760. The Labute approximate surface area is 87.8 Å². The van der Waals surface area contributed by atoms with Crippen LogP contribution in [0.4, 0.5) is 0 Å². The maximum atomic E-state index is 11.6. The number of hydrogen-bond donors (Lipinski definition) is 0. The van der Waals surface area contributed by atoms with Gasteiger partial charge in [-0.3, -0.25) is 9.78 Å². The summed E-state index contributed by atoms with van der Waals surface area (Å²) in [6.45, 7) is 0. The Kier molecular flexibility index (Phi) is 2.93. The van der Waals surface area contributed by atoms with Crippen molar-refractivity contribution in [3.63, 3.8) is 0 Å². The fourth-order valence-electron chi connectivity index (χ4n) is 1.39. The summed E-state index contributed by atoms with van der Waals surface area (Å²) in [6.07, 6.45) is 5.65. The first-order chi connectivity index (χ1) is 7.34. The summed E-state index contributed by atoms with van der Waals surface area (Å²) in [7, 11) is 0. The number of pyridine rings is 1. The lowest BCUT2D eigenvalue weighted by Gasteiger charge is -1.98. The molecule has 2 rings (SSSR count). The zero-order valence-corrected chi connectivity index (χ0v) is 8.22. The van der Waals surface area contributed by atoms with E-state index in [0.29, 0.717) is 12.8 Å². The number of furan rings is 1. The zero-order valence-electron chi connectivity index (χ0n) is 8.22. The molecule has 0 bridgehead atoms. The minimum absolute atomic E-state index is 0.148. The predicted molar refractivity (Wildman–Crippen MR) is 55.4 cm³/mol. The molecule has 15 heavy (non-hydrogen) atoms. The van der Waals surface area contributed by atoms with Crippen LogP contribution in [-0.4, -0.2) is 10.8 Å². The summed E-state index contributed by atoms with van der Waals surface area (Å²) < 4.78 is 4.90. The summed E-state index contributed by atoms with van der Waals surface area (Å²) in [5.74, 6) is 0.148. The second kappa shape index (κ2) is 4.55. The number of hydrogen-bond acceptors (Lipinski definition) is 3. The van der Waals surface area contributed by atoms with Gasteiger partial charge in [-0.2, -0.15) is 0 Å². The summed E-state index contributed by atoms with van der Waals surface area (Å²) in [4.78, 5) is 15.7. The summed E-state index contributed by atoms with van der Waals surface area (Å²) in [5.41, 5.74) is 1.72. The first-order valence-electron chi connectivity index (χ1n) is 4.77. The van der Waals surface area contributed by atoms with Gasteiger partial charge in [-0.25, -0.2) is 0 Å². The number of carbonyl (C=O) groups excluding carboxylic acids is 1. The minimum atomic E-state index is 0.148. The molecule has 0 saturated carbocycles. The van der Waals surface area contributed by atoms with E-state index < -0.39 is 0 Å². The molecule has 0 amide bonds. The Hall–Kier alpha value is -1.90. The van der Waals surface area contributed by atoms with Gasteiger partial charge in [0.25, 0.3) is 0 Å². The fraction of sp³-hybridized carbons (Fsp3) is 0.167. The Morgan fingerprint density at radius 2 is 2.20 bits per heavy atom. The standard InChI is InChI=1S/C12H11NO2/c14-12(7-10-4-6-15-9-10)8-11-3-1-2-5-13-11/h1-6,9H,7-8H2. The van der Waals surface area contributed by atoms with Crippen LogP contribution in [0.5, 0.6) is 0 Å². The number of nitrogens with zero attached hydrogens (tertiary/aromatic N) is 1. The smallest absolute Gasteiger partial charge is 0.143 e. The number of rotatable bonds is 4. The molecule has 2 aromatic heterocycles. The van der Waals surface area contributed by atoms with E-state index in [9.17, 15) is 4.79 Å². The van der Waals surface area contributed by atoms with E-state index in [1.54, 1.807) is 24.8 Å². The second-order valence-electron chi connectivity index (χ2n) is 3.34. The van der Waals surface area contributed by atoms with Gasteiger partial charge in [-0.1, -0.05) is 6.07 Å². The monoisotopic (exact) mass is 201 g/mol. The van der Waals surface area contributed by atoms with E-state index in [-0.39, 0.29) is 5.78 Å². The van der Waals surface area contributed by atoms with Crippen molar-refractivity contribution in [2.45, 2.75) is 12.8 Å². The van der Waals surface area contributed by atoms with Crippen molar-refractivity contribution in [1.29, 1.82) is 0 Å². The lowest BCUT2D eigenvalue weighted by atomic mass is 10.1. The van der Waals surface area contributed by atoms with Crippen LogP contribution in [0, 0.1) is 0 Å². The zero-order chi connectivity index (χ0) is 10.5. The Morgan fingerprint density at radius 1 is 1.27 bits per heavy atom. The van der Waals surface area contributed by atoms with Crippen molar-refractivity contribution in [1.82, 2.24) is 4.98 Å². The second-order valence-corrected chi connectivity index (χ2v) is 3.34. The summed E-state index contributed by atoms with van der Waals surface area (Å²) in [5, 5.41) is 0. The number of Topliss-reactive ketones (excluding diaryl/α,β-unsaturated/α-hetero) is 1. The maximum absolute atomic E-state index is 11.6. The molecule has 3 heteroatoms. The Bertz CT molecular complexity index is 420. The highest BCUT2D eigenvalue weighted by molar-refractivity contribution is 5.82. The van der Waals surface area contributed by atoms with Crippen LogP contribution >= 0.6 is 0 Å². The van der Waals surface area contributed by atoms with Gasteiger partial charge in [0.2, 0.25) is 0 Å². The fourth-order valence-corrected chi connectivity index (χ4v) is 1.39. The lowest BCUT2D eigenvalue weighted by Crippen LogP contribution is -2.06. The van der Waals surface area contributed by atoms with E-state index in [4.69, 9.17) is 4.42 Å². The van der Waals surface area contributed by atoms with Crippen LogP contribution in [0.1, 0.15) is 11.3 Å². The molecule has 0 unspecified atom stereocenters. The molecule has 76 valence electrons. The van der Waals surface area contributed by atoms with Crippen molar-refractivity contribution in [3.05, 3.63) is 54.2 Å². The number of aromatic nitrogens is 1. The van der Waals surface area contributed by atoms with Crippen LogP contribution in [0.2, 0.25) is 0 Å². The normalized spacial score (nSPS) is 10.1. The molecule has 0 spiro atoms. The van der Waals surface area contributed by atoms with Gasteiger partial charge in [0.05, 0.1) is 12.5 Å². The predicted octanol–water partition coefficient (Wildman–Crippen LogP) is 2.03. The molecule has 0 atom stereocenters. The average Bonchev–Trinajstić information content (AvgIpc) is 2.71. The summed E-state index contributed by atoms with van der Waals surface area (Å²) in [6, 6.07) is 7.38. The molecule has 0 N–H and O–H groups in total.